The molecule has 2 aliphatic carbocycles. The zero-order chi connectivity index (χ0) is 25.3. The molecule has 4 rings (SSSR count). The summed E-state index contributed by atoms with van der Waals surface area (Å²) >= 11 is 0. The molecule has 0 atom stereocenters. The first-order valence-corrected chi connectivity index (χ1v) is 13.8. The van der Waals surface area contributed by atoms with Crippen molar-refractivity contribution in [2.75, 3.05) is 6.61 Å². The van der Waals surface area contributed by atoms with Crippen LogP contribution in [0.5, 0.6) is 0 Å². The van der Waals surface area contributed by atoms with E-state index < -0.39 is 17.2 Å². The molecule has 0 bridgehead atoms. The standard InChI is InChI=1S/C32H39F2NO/c1-2-3-4-19-36-29-17-15-26(16-18-29)25-11-7-23(8-12-25)5-6-24-9-13-27(14-10-24)28-20-31(33)30(22-35)32(34)21-28/h2-3,7-8,11-12,20-21,24,26-27,29H,4-6,9-10,13-19H2,1H3/b3-2+. The summed E-state index contributed by atoms with van der Waals surface area (Å²) in [5.74, 6) is 0.0312. The van der Waals surface area contributed by atoms with Gasteiger partial charge in [0.05, 0.1) is 12.7 Å². The number of rotatable bonds is 9. The summed E-state index contributed by atoms with van der Waals surface area (Å²) in [5.41, 5.74) is 3.09. The summed E-state index contributed by atoms with van der Waals surface area (Å²) < 4.78 is 34.1. The molecular weight excluding hydrogens is 452 g/mol. The maximum Gasteiger partial charge on any atom is 0.144 e. The molecule has 0 amide bonds. The van der Waals surface area contributed by atoms with Crippen LogP contribution in [0.3, 0.4) is 0 Å². The summed E-state index contributed by atoms with van der Waals surface area (Å²) in [6, 6.07) is 13.6. The van der Waals surface area contributed by atoms with Crippen molar-refractivity contribution in [3.05, 3.63) is 82.4 Å². The molecule has 0 spiro atoms. The number of hydrogen-bond acceptors (Lipinski definition) is 2. The molecule has 0 aliphatic heterocycles. The van der Waals surface area contributed by atoms with Gasteiger partial charge in [0.15, 0.2) is 0 Å². The third-order valence-electron chi connectivity index (χ3n) is 8.33. The van der Waals surface area contributed by atoms with Gasteiger partial charge in [-0.15, -0.1) is 0 Å². The number of hydrogen-bond donors (Lipinski definition) is 0. The Morgan fingerprint density at radius 2 is 1.50 bits per heavy atom. The number of nitriles is 1. The fraction of sp³-hybridized carbons (Fsp3) is 0.531. The van der Waals surface area contributed by atoms with Crippen LogP contribution in [0.4, 0.5) is 8.78 Å². The molecule has 0 radical (unpaired) electrons. The molecule has 2 nitrogen and oxygen atoms in total. The van der Waals surface area contributed by atoms with Crippen LogP contribution in [0.25, 0.3) is 0 Å². The van der Waals surface area contributed by atoms with Crippen LogP contribution in [-0.4, -0.2) is 12.7 Å². The molecular formula is C32H39F2NO. The number of benzene rings is 2. The van der Waals surface area contributed by atoms with Crippen LogP contribution in [0, 0.1) is 28.9 Å². The normalized spacial score (nSPS) is 24.6. The molecule has 36 heavy (non-hydrogen) atoms. The van der Waals surface area contributed by atoms with Gasteiger partial charge in [-0.1, -0.05) is 36.4 Å². The highest BCUT2D eigenvalue weighted by Crippen LogP contribution is 2.39. The van der Waals surface area contributed by atoms with E-state index in [-0.39, 0.29) is 5.92 Å². The van der Waals surface area contributed by atoms with Gasteiger partial charge in [-0.3, -0.25) is 0 Å². The van der Waals surface area contributed by atoms with Crippen molar-refractivity contribution in [1.29, 1.82) is 5.26 Å². The molecule has 2 aromatic carbocycles. The Morgan fingerprint density at radius 1 is 0.889 bits per heavy atom. The maximum atomic E-state index is 14.0. The van der Waals surface area contributed by atoms with Crippen molar-refractivity contribution in [1.82, 2.24) is 0 Å². The Bertz CT molecular complexity index is 1020. The van der Waals surface area contributed by atoms with E-state index in [9.17, 15) is 8.78 Å². The minimum atomic E-state index is -0.737. The van der Waals surface area contributed by atoms with E-state index in [0.29, 0.717) is 23.5 Å². The SMILES string of the molecule is C/C=C/CCOC1CCC(c2ccc(CCC3CCC(c4cc(F)c(C#N)c(F)c4)CC3)cc2)CC1. The number of allylic oxidation sites excluding steroid dienone is 1. The minimum Gasteiger partial charge on any atom is -0.378 e. The van der Waals surface area contributed by atoms with Gasteiger partial charge in [0.2, 0.25) is 0 Å². The van der Waals surface area contributed by atoms with Crippen LogP contribution in [0.15, 0.2) is 48.6 Å². The molecule has 2 fully saturated rings. The molecule has 2 aromatic rings. The van der Waals surface area contributed by atoms with E-state index in [1.165, 1.54) is 36.1 Å². The quantitative estimate of drug-likeness (QED) is 0.259. The van der Waals surface area contributed by atoms with Gasteiger partial charge in [0, 0.05) is 0 Å². The second-order valence-electron chi connectivity index (χ2n) is 10.7. The first kappa shape index (κ1) is 26.6. The molecule has 0 heterocycles. The van der Waals surface area contributed by atoms with Gasteiger partial charge in [0.1, 0.15) is 23.3 Å². The zero-order valence-electron chi connectivity index (χ0n) is 21.5. The van der Waals surface area contributed by atoms with Crippen LogP contribution >= 0.6 is 0 Å². The third kappa shape index (κ3) is 7.04. The van der Waals surface area contributed by atoms with E-state index in [1.807, 2.05) is 0 Å². The predicted octanol–water partition coefficient (Wildman–Crippen LogP) is 8.75. The van der Waals surface area contributed by atoms with Gasteiger partial charge < -0.3 is 4.74 Å². The fourth-order valence-corrected chi connectivity index (χ4v) is 6.08. The Kier molecular flexibility index (Phi) is 9.70. The van der Waals surface area contributed by atoms with Crippen LogP contribution in [0.2, 0.25) is 0 Å². The number of halogens is 2. The van der Waals surface area contributed by atoms with Gasteiger partial charge in [-0.05, 0) is 124 Å². The van der Waals surface area contributed by atoms with Crippen molar-refractivity contribution < 1.29 is 13.5 Å². The highest BCUT2D eigenvalue weighted by Gasteiger charge is 2.25. The van der Waals surface area contributed by atoms with E-state index in [4.69, 9.17) is 10.00 Å². The highest BCUT2D eigenvalue weighted by molar-refractivity contribution is 5.36. The van der Waals surface area contributed by atoms with Crippen LogP contribution in [-0.2, 0) is 11.2 Å². The third-order valence-corrected chi connectivity index (χ3v) is 8.33. The van der Waals surface area contributed by atoms with E-state index in [1.54, 1.807) is 6.07 Å². The summed E-state index contributed by atoms with van der Waals surface area (Å²) in [7, 11) is 0. The monoisotopic (exact) mass is 491 g/mol. The Hall–Kier alpha value is -2.51. The molecule has 192 valence electrons. The summed E-state index contributed by atoms with van der Waals surface area (Å²) in [6.07, 6.45) is 16.8. The number of ether oxygens (including phenoxy) is 1. The molecule has 0 N–H and O–H groups in total. The number of nitrogens with zero attached hydrogens (tertiary/aromatic N) is 1. The summed E-state index contributed by atoms with van der Waals surface area (Å²) in [5, 5.41) is 8.88. The lowest BCUT2D eigenvalue weighted by atomic mass is 9.76. The smallest absolute Gasteiger partial charge is 0.144 e. The predicted molar refractivity (Wildman–Crippen MR) is 141 cm³/mol. The van der Waals surface area contributed by atoms with Crippen LogP contribution in [0.1, 0.15) is 105 Å². The lowest BCUT2D eigenvalue weighted by Gasteiger charge is -2.29. The molecule has 2 aliphatic rings. The van der Waals surface area contributed by atoms with Gasteiger partial charge in [-0.2, -0.15) is 5.26 Å². The van der Waals surface area contributed by atoms with Crippen molar-refractivity contribution in [2.45, 2.75) is 95.5 Å². The van der Waals surface area contributed by atoms with Crippen molar-refractivity contribution in [2.24, 2.45) is 5.92 Å². The lowest BCUT2D eigenvalue weighted by molar-refractivity contribution is 0.0274. The minimum absolute atomic E-state index is 0.186. The van der Waals surface area contributed by atoms with Crippen molar-refractivity contribution in [3.63, 3.8) is 0 Å². The Labute approximate surface area is 215 Å². The average molecular weight is 492 g/mol. The summed E-state index contributed by atoms with van der Waals surface area (Å²) in [4.78, 5) is 0. The van der Waals surface area contributed by atoms with E-state index in [2.05, 4.69) is 43.3 Å². The van der Waals surface area contributed by atoms with Gasteiger partial charge in [0.25, 0.3) is 0 Å². The second-order valence-corrected chi connectivity index (χ2v) is 10.7. The zero-order valence-corrected chi connectivity index (χ0v) is 21.5. The molecule has 2 saturated carbocycles. The van der Waals surface area contributed by atoms with Gasteiger partial charge in [-0.25, -0.2) is 8.78 Å². The van der Waals surface area contributed by atoms with Crippen LogP contribution < -0.4 is 0 Å². The Morgan fingerprint density at radius 3 is 2.11 bits per heavy atom. The van der Waals surface area contributed by atoms with E-state index in [0.717, 1.165) is 64.4 Å². The first-order chi connectivity index (χ1) is 17.6. The number of aryl methyl sites for hydroxylation is 1. The molecule has 0 aromatic heterocycles. The van der Waals surface area contributed by atoms with E-state index >= 15 is 0 Å². The molecule has 0 saturated heterocycles. The topological polar surface area (TPSA) is 33.0 Å². The molecule has 4 heteroatoms. The van der Waals surface area contributed by atoms with Gasteiger partial charge >= 0.3 is 0 Å². The maximum absolute atomic E-state index is 14.0. The Balaban J connectivity index is 1.19. The van der Waals surface area contributed by atoms with Crippen molar-refractivity contribution >= 4 is 0 Å². The first-order valence-electron chi connectivity index (χ1n) is 13.8. The second kappa shape index (κ2) is 13.2. The fourth-order valence-electron chi connectivity index (χ4n) is 6.08. The summed E-state index contributed by atoms with van der Waals surface area (Å²) in [6.45, 7) is 2.89. The van der Waals surface area contributed by atoms with Crippen molar-refractivity contribution in [3.8, 4) is 6.07 Å². The molecule has 0 unspecified atom stereocenters. The highest BCUT2D eigenvalue weighted by atomic mass is 19.1. The lowest BCUT2D eigenvalue weighted by Crippen LogP contribution is -2.21. The average Bonchev–Trinajstić information content (AvgIpc) is 2.91. The largest absolute Gasteiger partial charge is 0.378 e.